The number of nitrogens with zero attached hydrogens (tertiary/aromatic N) is 5. The van der Waals surface area contributed by atoms with Crippen molar-refractivity contribution in [2.75, 3.05) is 5.32 Å². The number of oxazole rings is 1. The van der Waals surface area contributed by atoms with Crippen LogP contribution in [0.1, 0.15) is 0 Å². The predicted molar refractivity (Wildman–Crippen MR) is 85.9 cm³/mol. The molecule has 0 atom stereocenters. The summed E-state index contributed by atoms with van der Waals surface area (Å²) in [6.07, 6.45) is 11.3. The van der Waals surface area contributed by atoms with Gasteiger partial charge in [-0.05, 0) is 17.5 Å². The quantitative estimate of drug-likeness (QED) is 0.618. The molecule has 4 aromatic heterocycles. The first kappa shape index (κ1) is 14.1. The third-order valence-electron chi connectivity index (χ3n) is 3.44. The zero-order chi connectivity index (χ0) is 16.4. The molecule has 0 fully saturated rings. The molecule has 0 aliphatic rings. The van der Waals surface area contributed by atoms with Gasteiger partial charge in [0.15, 0.2) is 12.2 Å². The first-order valence-electron chi connectivity index (χ1n) is 7.18. The monoisotopic (exact) mass is 320 g/mol. The van der Waals surface area contributed by atoms with Gasteiger partial charge in [0.1, 0.15) is 18.1 Å². The SMILES string of the molecule is O=C(Cn1ccnc1)Nc1cc2cc(-c3cnco3)ncc2cn1. The number of hydrogen-bond donors (Lipinski definition) is 1. The van der Waals surface area contributed by atoms with Crippen LogP contribution >= 0.6 is 0 Å². The van der Waals surface area contributed by atoms with E-state index in [2.05, 4.69) is 25.3 Å². The van der Waals surface area contributed by atoms with Crippen molar-refractivity contribution in [3.8, 4) is 11.5 Å². The smallest absolute Gasteiger partial charge is 0.245 e. The summed E-state index contributed by atoms with van der Waals surface area (Å²) in [6, 6.07) is 3.66. The van der Waals surface area contributed by atoms with Gasteiger partial charge in [-0.25, -0.2) is 15.0 Å². The van der Waals surface area contributed by atoms with Gasteiger partial charge in [0, 0.05) is 30.2 Å². The van der Waals surface area contributed by atoms with Gasteiger partial charge in [-0.15, -0.1) is 0 Å². The molecule has 118 valence electrons. The number of carbonyl (C=O) groups excluding carboxylic acids is 1. The number of carbonyl (C=O) groups is 1. The van der Waals surface area contributed by atoms with Crippen LogP contribution in [0.15, 0.2) is 60.3 Å². The maximum absolute atomic E-state index is 12.0. The number of imidazole rings is 1. The minimum Gasteiger partial charge on any atom is -0.442 e. The van der Waals surface area contributed by atoms with Crippen molar-refractivity contribution >= 4 is 22.5 Å². The molecule has 8 heteroatoms. The van der Waals surface area contributed by atoms with Gasteiger partial charge < -0.3 is 14.3 Å². The summed E-state index contributed by atoms with van der Waals surface area (Å²) in [6.45, 7) is 0.180. The van der Waals surface area contributed by atoms with Crippen molar-refractivity contribution in [2.24, 2.45) is 0 Å². The van der Waals surface area contributed by atoms with Crippen LogP contribution in [0.25, 0.3) is 22.2 Å². The Kier molecular flexibility index (Phi) is 3.47. The molecule has 24 heavy (non-hydrogen) atoms. The number of fused-ring (bicyclic) bond motifs is 1. The summed E-state index contributed by atoms with van der Waals surface area (Å²) in [5.41, 5.74) is 0.668. The molecule has 0 radical (unpaired) electrons. The summed E-state index contributed by atoms with van der Waals surface area (Å²) >= 11 is 0. The largest absolute Gasteiger partial charge is 0.442 e. The van der Waals surface area contributed by atoms with Crippen molar-refractivity contribution < 1.29 is 9.21 Å². The minimum atomic E-state index is -0.177. The first-order chi connectivity index (χ1) is 11.8. The highest BCUT2D eigenvalue weighted by Gasteiger charge is 2.08. The van der Waals surface area contributed by atoms with Gasteiger partial charge in [0.2, 0.25) is 5.91 Å². The van der Waals surface area contributed by atoms with Crippen LogP contribution in [-0.4, -0.2) is 30.4 Å². The number of nitrogens with one attached hydrogen (secondary N) is 1. The second-order valence-corrected chi connectivity index (χ2v) is 5.14. The van der Waals surface area contributed by atoms with Crippen LogP contribution in [0, 0.1) is 0 Å². The van der Waals surface area contributed by atoms with Gasteiger partial charge in [-0.2, -0.15) is 0 Å². The lowest BCUT2D eigenvalue weighted by atomic mass is 10.2. The van der Waals surface area contributed by atoms with Crippen molar-refractivity contribution in [3.63, 3.8) is 0 Å². The van der Waals surface area contributed by atoms with Crippen LogP contribution in [0.2, 0.25) is 0 Å². The van der Waals surface area contributed by atoms with E-state index in [4.69, 9.17) is 4.42 Å². The maximum Gasteiger partial charge on any atom is 0.245 e. The number of rotatable bonds is 4. The second kappa shape index (κ2) is 5.92. The molecule has 0 spiro atoms. The molecule has 4 rings (SSSR count). The lowest BCUT2D eigenvalue weighted by Gasteiger charge is -2.06. The van der Waals surface area contributed by atoms with Crippen LogP contribution in [-0.2, 0) is 11.3 Å². The normalized spacial score (nSPS) is 10.8. The fourth-order valence-electron chi connectivity index (χ4n) is 2.31. The Morgan fingerprint density at radius 2 is 2.04 bits per heavy atom. The molecule has 0 saturated carbocycles. The molecule has 0 saturated heterocycles. The predicted octanol–water partition coefficient (Wildman–Crippen LogP) is 2.12. The summed E-state index contributed by atoms with van der Waals surface area (Å²) in [4.78, 5) is 28.4. The Morgan fingerprint density at radius 1 is 1.12 bits per heavy atom. The van der Waals surface area contributed by atoms with Crippen LogP contribution in [0.5, 0.6) is 0 Å². The standard InChI is InChI=1S/C16H12N6O2/c23-16(8-22-2-1-17-9-22)21-15-4-11-3-13(14-7-18-10-24-14)19-5-12(11)6-20-15/h1-7,9-10H,8H2,(H,20,21,23). The third-order valence-corrected chi connectivity index (χ3v) is 3.44. The van der Waals surface area contributed by atoms with Gasteiger partial charge in [-0.1, -0.05) is 0 Å². The Balaban J connectivity index is 1.58. The fraction of sp³-hybridized carbons (Fsp3) is 0.0625. The summed E-state index contributed by atoms with van der Waals surface area (Å²) in [5.74, 6) is 0.881. The molecular formula is C16H12N6O2. The highest BCUT2D eigenvalue weighted by Crippen LogP contribution is 2.22. The van der Waals surface area contributed by atoms with E-state index in [-0.39, 0.29) is 12.5 Å². The molecule has 1 amide bonds. The highest BCUT2D eigenvalue weighted by atomic mass is 16.3. The fourth-order valence-corrected chi connectivity index (χ4v) is 2.31. The molecule has 0 aliphatic carbocycles. The zero-order valence-corrected chi connectivity index (χ0v) is 12.5. The second-order valence-electron chi connectivity index (χ2n) is 5.14. The molecule has 4 heterocycles. The van der Waals surface area contributed by atoms with Crippen molar-refractivity contribution in [2.45, 2.75) is 6.54 Å². The highest BCUT2D eigenvalue weighted by molar-refractivity contribution is 5.93. The Labute approximate surface area is 136 Å². The molecule has 0 bridgehead atoms. The Bertz CT molecular complexity index is 979. The molecule has 8 nitrogen and oxygen atoms in total. The van der Waals surface area contributed by atoms with Crippen LogP contribution in [0.3, 0.4) is 0 Å². The molecule has 1 N–H and O–H groups in total. The van der Waals surface area contributed by atoms with Crippen molar-refractivity contribution in [3.05, 3.63) is 55.8 Å². The Hall–Kier alpha value is -3.55. The average Bonchev–Trinajstić information content (AvgIpc) is 3.27. The van der Waals surface area contributed by atoms with E-state index >= 15 is 0 Å². The number of pyridine rings is 2. The molecule has 0 aliphatic heterocycles. The van der Waals surface area contributed by atoms with Crippen molar-refractivity contribution in [1.82, 2.24) is 24.5 Å². The first-order valence-corrected chi connectivity index (χ1v) is 7.18. The number of amides is 1. The number of aromatic nitrogens is 5. The van der Waals surface area contributed by atoms with E-state index in [1.165, 1.54) is 6.39 Å². The van der Waals surface area contributed by atoms with Crippen LogP contribution in [0.4, 0.5) is 5.82 Å². The maximum atomic E-state index is 12.0. The molecular weight excluding hydrogens is 308 g/mol. The van der Waals surface area contributed by atoms with Gasteiger partial charge >= 0.3 is 0 Å². The summed E-state index contributed by atoms with van der Waals surface area (Å²) < 4.78 is 6.94. The number of anilines is 1. The van der Waals surface area contributed by atoms with Gasteiger partial charge in [0.25, 0.3) is 0 Å². The van der Waals surface area contributed by atoms with Gasteiger partial charge in [0.05, 0.1) is 12.5 Å². The van der Waals surface area contributed by atoms with E-state index in [9.17, 15) is 4.79 Å². The van der Waals surface area contributed by atoms with E-state index in [0.29, 0.717) is 17.3 Å². The van der Waals surface area contributed by atoms with E-state index < -0.39 is 0 Å². The average molecular weight is 320 g/mol. The summed E-state index contributed by atoms with van der Waals surface area (Å²) in [7, 11) is 0. The topological polar surface area (TPSA) is 98.7 Å². The third kappa shape index (κ3) is 2.84. The number of hydrogen-bond acceptors (Lipinski definition) is 6. The van der Waals surface area contributed by atoms with E-state index in [1.54, 1.807) is 47.9 Å². The lowest BCUT2D eigenvalue weighted by Crippen LogP contribution is -2.18. The van der Waals surface area contributed by atoms with Crippen molar-refractivity contribution in [1.29, 1.82) is 0 Å². The molecule has 0 aromatic carbocycles. The molecule has 0 unspecified atom stereocenters. The minimum absolute atomic E-state index is 0.177. The van der Waals surface area contributed by atoms with E-state index in [1.807, 2.05) is 6.07 Å². The van der Waals surface area contributed by atoms with Gasteiger partial charge in [-0.3, -0.25) is 9.78 Å². The molecule has 4 aromatic rings. The summed E-state index contributed by atoms with van der Waals surface area (Å²) in [5, 5.41) is 4.53. The Morgan fingerprint density at radius 3 is 2.83 bits per heavy atom. The van der Waals surface area contributed by atoms with Crippen LogP contribution < -0.4 is 5.32 Å². The lowest BCUT2D eigenvalue weighted by molar-refractivity contribution is -0.116. The van der Waals surface area contributed by atoms with E-state index in [0.717, 1.165) is 10.8 Å². The zero-order valence-electron chi connectivity index (χ0n) is 12.5.